The summed E-state index contributed by atoms with van der Waals surface area (Å²) in [6.07, 6.45) is 0. The Kier molecular flexibility index (Phi) is 3.82. The van der Waals surface area contributed by atoms with Gasteiger partial charge in [0.25, 0.3) is 5.91 Å². The molecule has 1 heterocycles. The molecule has 0 saturated carbocycles. The van der Waals surface area contributed by atoms with Gasteiger partial charge in [0, 0.05) is 0 Å². The van der Waals surface area contributed by atoms with Gasteiger partial charge in [0.2, 0.25) is 0 Å². The maximum Gasteiger partial charge on any atom is 0.354 e. The third-order valence-electron chi connectivity index (χ3n) is 3.02. The Balaban J connectivity index is 2.98. The lowest BCUT2D eigenvalue weighted by atomic mass is 10.1. The Bertz CT molecular complexity index is 812. The van der Waals surface area contributed by atoms with Crippen molar-refractivity contribution in [2.45, 2.75) is 6.92 Å². The van der Waals surface area contributed by atoms with Gasteiger partial charge in [-0.3, -0.25) is 14.8 Å². The minimum absolute atomic E-state index is 0.145. The Labute approximate surface area is 124 Å². The van der Waals surface area contributed by atoms with E-state index in [0.29, 0.717) is 5.69 Å². The molecule has 2 rings (SSSR count). The van der Waals surface area contributed by atoms with E-state index in [0.717, 1.165) is 16.2 Å². The van der Waals surface area contributed by atoms with Crippen LogP contribution < -0.4 is 11.2 Å². The standard InChI is InChI=1S/C14H12ClN3O3/c1-7-4-2-3-5-10(7)18-11(14(20)21)9(15)6-8(12(18)16)13(17)19/h2-6,16H,1H3,(H2,17,19)(H,20,21). The molecule has 0 radical (unpaired) electrons. The quantitative estimate of drug-likeness (QED) is 0.803. The van der Waals surface area contributed by atoms with Crippen molar-refractivity contribution in [1.82, 2.24) is 4.57 Å². The number of amides is 1. The third kappa shape index (κ3) is 2.53. The van der Waals surface area contributed by atoms with Gasteiger partial charge in [-0.15, -0.1) is 0 Å². The van der Waals surface area contributed by atoms with Crippen molar-refractivity contribution in [1.29, 1.82) is 5.41 Å². The maximum atomic E-state index is 11.5. The molecule has 2 aromatic rings. The Morgan fingerprint density at radius 2 is 1.95 bits per heavy atom. The molecule has 0 unspecified atom stereocenters. The summed E-state index contributed by atoms with van der Waals surface area (Å²) in [6, 6.07) is 7.98. The van der Waals surface area contributed by atoms with Gasteiger partial charge < -0.3 is 10.8 Å². The second kappa shape index (κ2) is 5.41. The van der Waals surface area contributed by atoms with E-state index in [-0.39, 0.29) is 21.8 Å². The smallest absolute Gasteiger partial charge is 0.354 e. The highest BCUT2D eigenvalue weighted by molar-refractivity contribution is 6.33. The number of carboxylic acids is 1. The number of carbonyl (C=O) groups excluding carboxylic acids is 1. The molecule has 7 heteroatoms. The molecule has 0 fully saturated rings. The first-order valence-electron chi connectivity index (χ1n) is 5.94. The SMILES string of the molecule is Cc1ccccc1-n1c(C(=O)O)c(Cl)cc(C(N)=O)c1=N. The molecule has 1 amide bonds. The summed E-state index contributed by atoms with van der Waals surface area (Å²) in [4.78, 5) is 22.9. The number of hydrogen-bond acceptors (Lipinski definition) is 3. The number of pyridine rings is 1. The average Bonchev–Trinajstić information content (AvgIpc) is 2.40. The van der Waals surface area contributed by atoms with Crippen LogP contribution in [0.2, 0.25) is 5.02 Å². The molecule has 0 aliphatic rings. The lowest BCUT2D eigenvalue weighted by Gasteiger charge is -2.16. The van der Waals surface area contributed by atoms with Crippen LogP contribution in [0.3, 0.4) is 0 Å². The van der Waals surface area contributed by atoms with Crippen molar-refractivity contribution >= 4 is 23.5 Å². The molecular weight excluding hydrogens is 294 g/mol. The number of benzene rings is 1. The second-order valence-corrected chi connectivity index (χ2v) is 4.80. The molecule has 0 aliphatic carbocycles. The van der Waals surface area contributed by atoms with Gasteiger partial charge in [-0.05, 0) is 24.6 Å². The van der Waals surface area contributed by atoms with E-state index in [9.17, 15) is 14.7 Å². The normalized spacial score (nSPS) is 10.4. The number of nitrogens with two attached hydrogens (primary N) is 1. The van der Waals surface area contributed by atoms with Gasteiger partial charge in [0.15, 0.2) is 5.69 Å². The first kappa shape index (κ1) is 14.8. The Hall–Kier alpha value is -2.60. The topological polar surface area (TPSA) is 109 Å². The number of aromatic nitrogens is 1. The van der Waals surface area contributed by atoms with Crippen molar-refractivity contribution in [3.8, 4) is 5.69 Å². The highest BCUT2D eigenvalue weighted by Gasteiger charge is 2.21. The number of nitrogens with one attached hydrogen (secondary N) is 1. The largest absolute Gasteiger partial charge is 0.477 e. The minimum Gasteiger partial charge on any atom is -0.477 e. The fraction of sp³-hybridized carbons (Fsp3) is 0.0714. The van der Waals surface area contributed by atoms with E-state index in [1.807, 2.05) is 0 Å². The van der Waals surface area contributed by atoms with Gasteiger partial charge in [-0.1, -0.05) is 29.8 Å². The van der Waals surface area contributed by atoms with Crippen LogP contribution in [0, 0.1) is 12.3 Å². The van der Waals surface area contributed by atoms with Gasteiger partial charge in [-0.25, -0.2) is 4.79 Å². The van der Waals surface area contributed by atoms with Crippen LogP contribution >= 0.6 is 11.6 Å². The number of carboxylic acid groups (broad SMARTS) is 1. The van der Waals surface area contributed by atoms with E-state index < -0.39 is 11.9 Å². The number of aromatic carboxylic acids is 1. The summed E-state index contributed by atoms with van der Waals surface area (Å²) < 4.78 is 1.11. The highest BCUT2D eigenvalue weighted by Crippen LogP contribution is 2.21. The maximum absolute atomic E-state index is 11.5. The molecule has 1 aromatic heterocycles. The first-order chi connectivity index (χ1) is 9.84. The predicted molar refractivity (Wildman–Crippen MR) is 76.8 cm³/mol. The van der Waals surface area contributed by atoms with Crippen LogP contribution in [0.4, 0.5) is 0 Å². The molecule has 0 bridgehead atoms. The fourth-order valence-corrected chi connectivity index (χ4v) is 2.32. The number of primary amides is 1. The number of rotatable bonds is 3. The van der Waals surface area contributed by atoms with Crippen molar-refractivity contribution in [2.24, 2.45) is 5.73 Å². The molecule has 108 valence electrons. The number of para-hydroxylation sites is 1. The molecule has 0 aliphatic heterocycles. The van der Waals surface area contributed by atoms with Crippen molar-refractivity contribution in [3.63, 3.8) is 0 Å². The molecule has 6 nitrogen and oxygen atoms in total. The number of aryl methyl sites for hydroxylation is 1. The predicted octanol–water partition coefficient (Wildman–Crippen LogP) is 1.72. The second-order valence-electron chi connectivity index (χ2n) is 4.39. The minimum atomic E-state index is -1.30. The summed E-state index contributed by atoms with van der Waals surface area (Å²) >= 11 is 5.96. The van der Waals surface area contributed by atoms with Gasteiger partial charge in [-0.2, -0.15) is 0 Å². The molecule has 0 atom stereocenters. The summed E-state index contributed by atoms with van der Waals surface area (Å²) in [5.74, 6) is -2.14. The van der Waals surface area contributed by atoms with Crippen molar-refractivity contribution in [2.75, 3.05) is 0 Å². The van der Waals surface area contributed by atoms with Crippen LogP contribution in [-0.2, 0) is 0 Å². The summed E-state index contributed by atoms with van der Waals surface area (Å²) in [5, 5.41) is 17.3. The summed E-state index contributed by atoms with van der Waals surface area (Å²) in [5.41, 5.74) is 5.64. The zero-order chi connectivity index (χ0) is 15.7. The van der Waals surface area contributed by atoms with Crippen molar-refractivity contribution < 1.29 is 14.7 Å². The monoisotopic (exact) mass is 305 g/mol. The molecular formula is C14H12ClN3O3. The lowest BCUT2D eigenvalue weighted by Crippen LogP contribution is -2.32. The highest BCUT2D eigenvalue weighted by atomic mass is 35.5. The molecule has 4 N–H and O–H groups in total. The summed E-state index contributed by atoms with van der Waals surface area (Å²) in [7, 11) is 0. The molecule has 0 spiro atoms. The van der Waals surface area contributed by atoms with Crippen LogP contribution in [0.15, 0.2) is 30.3 Å². The molecule has 21 heavy (non-hydrogen) atoms. The fourth-order valence-electron chi connectivity index (χ4n) is 2.04. The van der Waals surface area contributed by atoms with Gasteiger partial charge in [0.1, 0.15) is 5.49 Å². The third-order valence-corrected chi connectivity index (χ3v) is 3.31. The number of carbonyl (C=O) groups is 2. The number of nitrogens with zero attached hydrogens (tertiary/aromatic N) is 1. The summed E-state index contributed by atoms with van der Waals surface area (Å²) in [6.45, 7) is 1.76. The van der Waals surface area contributed by atoms with Crippen LogP contribution in [-0.4, -0.2) is 21.6 Å². The molecule has 1 aromatic carbocycles. The van der Waals surface area contributed by atoms with Gasteiger partial charge in [0.05, 0.1) is 16.3 Å². The zero-order valence-electron chi connectivity index (χ0n) is 11.1. The van der Waals surface area contributed by atoms with Crippen molar-refractivity contribution in [3.05, 3.63) is 57.7 Å². The zero-order valence-corrected chi connectivity index (χ0v) is 11.8. The van der Waals surface area contributed by atoms with E-state index in [1.54, 1.807) is 31.2 Å². The van der Waals surface area contributed by atoms with E-state index in [2.05, 4.69) is 0 Å². The average molecular weight is 306 g/mol. The molecule has 0 saturated heterocycles. The lowest BCUT2D eigenvalue weighted by molar-refractivity contribution is 0.0686. The van der Waals surface area contributed by atoms with E-state index in [4.69, 9.17) is 22.7 Å². The van der Waals surface area contributed by atoms with Gasteiger partial charge >= 0.3 is 5.97 Å². The van der Waals surface area contributed by atoms with Crippen LogP contribution in [0.5, 0.6) is 0 Å². The first-order valence-corrected chi connectivity index (χ1v) is 6.31. The van der Waals surface area contributed by atoms with Crippen LogP contribution in [0.25, 0.3) is 5.69 Å². The Morgan fingerprint density at radius 3 is 2.48 bits per heavy atom. The number of halogens is 1. The Morgan fingerprint density at radius 1 is 1.33 bits per heavy atom. The van der Waals surface area contributed by atoms with E-state index in [1.165, 1.54) is 0 Å². The van der Waals surface area contributed by atoms with E-state index >= 15 is 0 Å². The van der Waals surface area contributed by atoms with Crippen LogP contribution in [0.1, 0.15) is 26.4 Å². The number of hydrogen-bond donors (Lipinski definition) is 3.